The van der Waals surface area contributed by atoms with Gasteiger partial charge in [-0.1, -0.05) is 0 Å². The zero-order chi connectivity index (χ0) is 13.8. The fourth-order valence-corrected chi connectivity index (χ4v) is 3.43. The Kier molecular flexibility index (Phi) is 4.95. The number of likely N-dealkylation sites (N-methyl/N-ethyl adjacent to an activating group) is 1. The third kappa shape index (κ3) is 3.77. The van der Waals surface area contributed by atoms with Crippen LogP contribution in [-0.2, 0) is 16.1 Å². The maximum absolute atomic E-state index is 12.4. The van der Waals surface area contributed by atoms with Gasteiger partial charge in [-0.15, -0.1) is 11.3 Å². The van der Waals surface area contributed by atoms with Gasteiger partial charge in [0, 0.05) is 18.0 Å². The van der Waals surface area contributed by atoms with E-state index in [4.69, 9.17) is 0 Å². The summed E-state index contributed by atoms with van der Waals surface area (Å²) in [6.07, 6.45) is 0. The van der Waals surface area contributed by atoms with Gasteiger partial charge in [0.15, 0.2) is 0 Å². The molecule has 0 aliphatic carbocycles. The Hall–Kier alpha value is -0.920. The molecule has 1 unspecified atom stereocenters. The fraction of sp³-hybridized carbons (Fsp3) is 0.500. The highest BCUT2D eigenvalue weighted by Crippen LogP contribution is 2.23. The Labute approximate surface area is 124 Å². The lowest BCUT2D eigenvalue weighted by Gasteiger charge is -2.29. The van der Waals surface area contributed by atoms with E-state index in [0.29, 0.717) is 19.6 Å². The zero-order valence-corrected chi connectivity index (χ0v) is 13.0. The molecular formula is C12H16BrN3O2S. The third-order valence-corrected chi connectivity index (χ3v) is 4.59. The minimum Gasteiger partial charge on any atom is -0.353 e. The summed E-state index contributed by atoms with van der Waals surface area (Å²) in [7, 11) is 0. The number of carbonyl (C=O) groups is 2. The fourth-order valence-electron chi connectivity index (χ4n) is 1.93. The summed E-state index contributed by atoms with van der Waals surface area (Å²) in [4.78, 5) is 26.4. The van der Waals surface area contributed by atoms with Crippen LogP contribution in [0.3, 0.4) is 0 Å². The van der Waals surface area contributed by atoms with Gasteiger partial charge in [-0.05, 0) is 35.0 Å². The molecule has 0 aromatic carbocycles. The lowest BCUT2D eigenvalue weighted by atomic mass is 10.2. The number of piperazine rings is 1. The number of thiophene rings is 1. The van der Waals surface area contributed by atoms with Crippen LogP contribution < -0.4 is 10.6 Å². The van der Waals surface area contributed by atoms with E-state index in [2.05, 4.69) is 26.6 Å². The highest BCUT2D eigenvalue weighted by atomic mass is 79.9. The van der Waals surface area contributed by atoms with Crippen molar-refractivity contribution >= 4 is 39.1 Å². The Morgan fingerprint density at radius 3 is 2.89 bits per heavy atom. The number of hydrogen-bond acceptors (Lipinski definition) is 4. The summed E-state index contributed by atoms with van der Waals surface area (Å²) in [5, 5.41) is 5.67. The van der Waals surface area contributed by atoms with Crippen LogP contribution in [0.1, 0.15) is 11.8 Å². The molecule has 1 saturated heterocycles. The SMILES string of the molecule is CCN(Cc1ccc(Br)s1)C(=O)C1CNC(=O)CN1. The number of nitrogens with one attached hydrogen (secondary N) is 2. The molecule has 2 amide bonds. The van der Waals surface area contributed by atoms with Gasteiger partial charge in [-0.3, -0.25) is 14.9 Å². The van der Waals surface area contributed by atoms with Gasteiger partial charge in [-0.2, -0.15) is 0 Å². The molecule has 1 aromatic rings. The molecule has 0 spiro atoms. The van der Waals surface area contributed by atoms with E-state index in [1.54, 1.807) is 16.2 Å². The lowest BCUT2D eigenvalue weighted by molar-refractivity contribution is -0.135. The molecule has 5 nitrogen and oxygen atoms in total. The van der Waals surface area contributed by atoms with Gasteiger partial charge in [0.1, 0.15) is 6.04 Å². The van der Waals surface area contributed by atoms with Crippen molar-refractivity contribution in [3.05, 3.63) is 20.8 Å². The molecule has 7 heteroatoms. The number of rotatable bonds is 4. The van der Waals surface area contributed by atoms with Crippen molar-refractivity contribution in [2.45, 2.75) is 19.5 Å². The summed E-state index contributed by atoms with van der Waals surface area (Å²) in [6, 6.07) is 3.68. The summed E-state index contributed by atoms with van der Waals surface area (Å²) in [5.41, 5.74) is 0. The third-order valence-electron chi connectivity index (χ3n) is 2.98. The van der Waals surface area contributed by atoms with Crippen LogP contribution in [0.2, 0.25) is 0 Å². The van der Waals surface area contributed by atoms with Crippen molar-refractivity contribution in [1.29, 1.82) is 0 Å². The Bertz CT molecular complexity index is 467. The van der Waals surface area contributed by atoms with Crippen molar-refractivity contribution in [3.63, 3.8) is 0 Å². The average molecular weight is 346 g/mol. The van der Waals surface area contributed by atoms with E-state index in [1.165, 1.54) is 0 Å². The molecule has 2 rings (SSSR count). The van der Waals surface area contributed by atoms with E-state index < -0.39 is 0 Å². The van der Waals surface area contributed by atoms with Gasteiger partial charge in [0.05, 0.1) is 16.9 Å². The smallest absolute Gasteiger partial charge is 0.241 e. The molecule has 0 saturated carbocycles. The Balaban J connectivity index is 1.96. The van der Waals surface area contributed by atoms with E-state index >= 15 is 0 Å². The Morgan fingerprint density at radius 1 is 1.58 bits per heavy atom. The van der Waals surface area contributed by atoms with Crippen molar-refractivity contribution in [2.75, 3.05) is 19.6 Å². The molecule has 104 valence electrons. The molecule has 2 N–H and O–H groups in total. The van der Waals surface area contributed by atoms with Crippen molar-refractivity contribution in [3.8, 4) is 0 Å². The van der Waals surface area contributed by atoms with Crippen LogP contribution in [-0.4, -0.2) is 42.4 Å². The topological polar surface area (TPSA) is 61.4 Å². The van der Waals surface area contributed by atoms with Crippen LogP contribution >= 0.6 is 27.3 Å². The molecular weight excluding hydrogens is 330 g/mol. The minimum absolute atomic E-state index is 0.0343. The predicted octanol–water partition coefficient (Wildman–Crippen LogP) is 0.947. The second-order valence-electron chi connectivity index (χ2n) is 4.30. The number of carbonyl (C=O) groups excluding carboxylic acids is 2. The van der Waals surface area contributed by atoms with E-state index in [0.717, 1.165) is 8.66 Å². The highest BCUT2D eigenvalue weighted by molar-refractivity contribution is 9.11. The molecule has 1 aliphatic heterocycles. The first-order valence-electron chi connectivity index (χ1n) is 6.13. The molecule has 19 heavy (non-hydrogen) atoms. The summed E-state index contributed by atoms with van der Waals surface area (Å²) < 4.78 is 1.06. The van der Waals surface area contributed by atoms with Gasteiger partial charge < -0.3 is 10.2 Å². The van der Waals surface area contributed by atoms with E-state index in [-0.39, 0.29) is 24.4 Å². The largest absolute Gasteiger partial charge is 0.353 e. The van der Waals surface area contributed by atoms with Gasteiger partial charge in [0.25, 0.3) is 0 Å². The first-order chi connectivity index (χ1) is 9.10. The van der Waals surface area contributed by atoms with Gasteiger partial charge in [-0.25, -0.2) is 0 Å². The average Bonchev–Trinajstić information content (AvgIpc) is 2.81. The standard InChI is InChI=1S/C12H16BrN3O2S/c1-2-16(7-8-3-4-10(13)19-8)12(18)9-5-15-11(17)6-14-9/h3-4,9,14H,2,5-7H2,1H3,(H,15,17). The van der Waals surface area contributed by atoms with E-state index in [1.807, 2.05) is 19.1 Å². The first-order valence-corrected chi connectivity index (χ1v) is 7.74. The maximum Gasteiger partial charge on any atom is 0.241 e. The molecule has 1 atom stereocenters. The van der Waals surface area contributed by atoms with Crippen LogP contribution in [0.25, 0.3) is 0 Å². The van der Waals surface area contributed by atoms with Gasteiger partial charge >= 0.3 is 0 Å². The van der Waals surface area contributed by atoms with Crippen molar-refractivity contribution in [2.24, 2.45) is 0 Å². The summed E-state index contributed by atoms with van der Waals surface area (Å²) >= 11 is 5.05. The molecule has 2 heterocycles. The molecule has 0 radical (unpaired) electrons. The van der Waals surface area contributed by atoms with Crippen molar-refractivity contribution in [1.82, 2.24) is 15.5 Å². The molecule has 1 aromatic heterocycles. The highest BCUT2D eigenvalue weighted by Gasteiger charge is 2.27. The van der Waals surface area contributed by atoms with Crippen LogP contribution in [0, 0.1) is 0 Å². The normalized spacial score (nSPS) is 19.1. The number of hydrogen-bond donors (Lipinski definition) is 2. The van der Waals surface area contributed by atoms with Crippen LogP contribution in [0.4, 0.5) is 0 Å². The quantitative estimate of drug-likeness (QED) is 0.853. The zero-order valence-electron chi connectivity index (χ0n) is 10.6. The minimum atomic E-state index is -0.318. The molecule has 0 bridgehead atoms. The second kappa shape index (κ2) is 6.49. The molecule has 1 aliphatic rings. The lowest BCUT2D eigenvalue weighted by Crippen LogP contribution is -2.58. The molecule has 1 fully saturated rings. The summed E-state index contributed by atoms with van der Waals surface area (Å²) in [5.74, 6) is -0.0266. The maximum atomic E-state index is 12.4. The number of nitrogens with zero attached hydrogens (tertiary/aromatic N) is 1. The van der Waals surface area contributed by atoms with E-state index in [9.17, 15) is 9.59 Å². The van der Waals surface area contributed by atoms with Crippen molar-refractivity contribution < 1.29 is 9.59 Å². The second-order valence-corrected chi connectivity index (χ2v) is 6.84. The summed E-state index contributed by atoms with van der Waals surface area (Å²) in [6.45, 7) is 3.79. The van der Waals surface area contributed by atoms with Gasteiger partial charge in [0.2, 0.25) is 11.8 Å². The van der Waals surface area contributed by atoms with Crippen LogP contribution in [0.5, 0.6) is 0 Å². The monoisotopic (exact) mass is 345 g/mol. The number of amides is 2. The first kappa shape index (κ1) is 14.5. The number of halogens is 1. The van der Waals surface area contributed by atoms with Crippen LogP contribution in [0.15, 0.2) is 15.9 Å². The Morgan fingerprint density at radius 2 is 2.37 bits per heavy atom. The predicted molar refractivity (Wildman–Crippen MR) is 77.9 cm³/mol.